The number of likely N-dealkylation sites (N-methyl/N-ethyl adjacent to an activating group) is 1. The number of nitrogens with zero attached hydrogens (tertiary/aromatic N) is 2. The molecular formula is C37H37N2O6+. The summed E-state index contributed by atoms with van der Waals surface area (Å²) in [6, 6.07) is 22.3. The van der Waals surface area contributed by atoms with E-state index in [1.807, 2.05) is 43.6 Å². The van der Waals surface area contributed by atoms with Gasteiger partial charge in [-0.25, -0.2) is 4.57 Å². The molecule has 0 saturated heterocycles. The largest absolute Gasteiger partial charge is 0.502 e. The van der Waals surface area contributed by atoms with Crippen molar-refractivity contribution in [2.75, 3.05) is 34.9 Å². The van der Waals surface area contributed by atoms with Crippen LogP contribution in [0.1, 0.15) is 34.0 Å². The second-order valence-corrected chi connectivity index (χ2v) is 11.8. The molecule has 3 aliphatic rings. The second-order valence-electron chi connectivity index (χ2n) is 11.8. The molecular weight excluding hydrogens is 568 g/mol. The average Bonchev–Trinajstić information content (AvgIpc) is 3.05. The Labute approximate surface area is 262 Å². The smallest absolute Gasteiger partial charge is 0.202 e. The van der Waals surface area contributed by atoms with Gasteiger partial charge in [0.2, 0.25) is 5.75 Å². The lowest BCUT2D eigenvalue weighted by Gasteiger charge is -2.35. The quantitative estimate of drug-likeness (QED) is 0.231. The maximum atomic E-state index is 11.6. The molecule has 1 N–H and O–H groups in total. The lowest BCUT2D eigenvalue weighted by molar-refractivity contribution is -0.677. The molecule has 8 heteroatoms. The summed E-state index contributed by atoms with van der Waals surface area (Å²) >= 11 is 0. The molecule has 6 bridgehead atoms. The number of hydrogen-bond acceptors (Lipinski definition) is 7. The fourth-order valence-electron chi connectivity index (χ4n) is 6.60. The third-order valence-corrected chi connectivity index (χ3v) is 9.10. The monoisotopic (exact) mass is 605 g/mol. The van der Waals surface area contributed by atoms with Crippen LogP contribution >= 0.6 is 0 Å². The van der Waals surface area contributed by atoms with Crippen molar-refractivity contribution in [3.63, 3.8) is 0 Å². The van der Waals surface area contributed by atoms with Gasteiger partial charge in [-0.2, -0.15) is 0 Å². The Kier molecular flexibility index (Phi) is 7.37. The highest BCUT2D eigenvalue weighted by molar-refractivity contribution is 5.94. The highest BCUT2D eigenvalue weighted by Crippen LogP contribution is 2.49. The zero-order valence-corrected chi connectivity index (χ0v) is 26.2. The Morgan fingerprint density at radius 3 is 2.31 bits per heavy atom. The first kappa shape index (κ1) is 28.8. The Bertz CT molecular complexity index is 1920. The standard InChI is InChI=1S/C37H36N2O6/c1-38-14-12-24-19-31(42-4)33-21-27(24)28(38)17-23-8-11-30(41-3)32(18-23)44-26-9-6-22(7-10-26)16-29-35-25(13-15-39(29)2)20-34(43-5)36(40)37(35)45-33/h6-11,13,15,18-21,28H,12,14,16-17H2,1-5H3/p+1. The summed E-state index contributed by atoms with van der Waals surface area (Å²) in [5.74, 6) is 3.83. The molecule has 45 heavy (non-hydrogen) atoms. The molecule has 0 spiro atoms. The summed E-state index contributed by atoms with van der Waals surface area (Å²) in [6.45, 7) is 0.911. The van der Waals surface area contributed by atoms with E-state index in [0.29, 0.717) is 40.9 Å². The van der Waals surface area contributed by atoms with E-state index in [4.69, 9.17) is 23.7 Å². The third kappa shape index (κ3) is 5.15. The van der Waals surface area contributed by atoms with Crippen molar-refractivity contribution in [3.05, 3.63) is 101 Å². The summed E-state index contributed by atoms with van der Waals surface area (Å²) < 4.78 is 32.4. The number of pyridine rings is 1. The fourth-order valence-corrected chi connectivity index (χ4v) is 6.60. The van der Waals surface area contributed by atoms with Crippen molar-refractivity contribution >= 4 is 10.8 Å². The van der Waals surface area contributed by atoms with E-state index in [1.54, 1.807) is 21.3 Å². The van der Waals surface area contributed by atoms with Crippen molar-refractivity contribution in [1.82, 2.24) is 4.90 Å². The number of methoxy groups -OCH3 is 3. The molecule has 5 aromatic rings. The lowest BCUT2D eigenvalue weighted by Crippen LogP contribution is -2.33. The molecule has 3 aliphatic heterocycles. The normalized spacial score (nSPS) is 15.9. The summed E-state index contributed by atoms with van der Waals surface area (Å²) in [7, 11) is 9.02. The number of benzene rings is 4. The molecule has 8 nitrogen and oxygen atoms in total. The van der Waals surface area contributed by atoms with E-state index in [-0.39, 0.29) is 11.8 Å². The predicted molar refractivity (Wildman–Crippen MR) is 172 cm³/mol. The minimum absolute atomic E-state index is 0.0604. The summed E-state index contributed by atoms with van der Waals surface area (Å²) in [5, 5.41) is 13.3. The summed E-state index contributed by atoms with van der Waals surface area (Å²) in [4.78, 5) is 2.37. The van der Waals surface area contributed by atoms with Gasteiger partial charge < -0.3 is 28.8 Å². The zero-order valence-electron chi connectivity index (χ0n) is 26.2. The van der Waals surface area contributed by atoms with Crippen LogP contribution in [-0.4, -0.2) is 44.9 Å². The van der Waals surface area contributed by atoms with Gasteiger partial charge in [0.25, 0.3) is 0 Å². The number of aryl methyl sites for hydroxylation is 1. The van der Waals surface area contributed by atoms with E-state index >= 15 is 0 Å². The first-order valence-electron chi connectivity index (χ1n) is 15.1. The highest BCUT2D eigenvalue weighted by atomic mass is 16.5. The zero-order chi connectivity index (χ0) is 31.2. The Hall–Kier alpha value is -4.95. The number of aromatic hydroxyl groups is 1. The number of ether oxygens (including phenoxy) is 5. The van der Waals surface area contributed by atoms with Crippen LogP contribution in [0.4, 0.5) is 0 Å². The highest BCUT2D eigenvalue weighted by Gasteiger charge is 2.30. The van der Waals surface area contributed by atoms with Crippen LogP contribution in [0.25, 0.3) is 10.8 Å². The molecule has 8 rings (SSSR count). The van der Waals surface area contributed by atoms with Crippen molar-refractivity contribution in [2.24, 2.45) is 7.05 Å². The topological polar surface area (TPSA) is 73.5 Å². The number of aromatic nitrogens is 1. The van der Waals surface area contributed by atoms with Gasteiger partial charge in [-0.1, -0.05) is 18.2 Å². The second kappa shape index (κ2) is 11.5. The number of rotatable bonds is 3. The molecule has 0 aliphatic carbocycles. The molecule has 1 unspecified atom stereocenters. The number of phenols is 1. The van der Waals surface area contributed by atoms with E-state index in [9.17, 15) is 5.11 Å². The summed E-state index contributed by atoms with van der Waals surface area (Å²) in [5.41, 5.74) is 5.55. The van der Waals surface area contributed by atoms with E-state index in [2.05, 4.69) is 52.9 Å². The van der Waals surface area contributed by atoms with E-state index in [0.717, 1.165) is 58.3 Å². The molecule has 4 heterocycles. The molecule has 0 fully saturated rings. The predicted octanol–water partition coefficient (Wildman–Crippen LogP) is 6.66. The molecule has 0 amide bonds. The van der Waals surface area contributed by atoms with Crippen LogP contribution in [0, 0.1) is 0 Å². The van der Waals surface area contributed by atoms with Gasteiger partial charge in [0, 0.05) is 24.0 Å². The number of phenolic OH excluding ortho intramolecular Hbond substituents is 1. The first-order chi connectivity index (χ1) is 21.9. The maximum Gasteiger partial charge on any atom is 0.202 e. The van der Waals surface area contributed by atoms with Gasteiger partial charge in [-0.3, -0.25) is 4.90 Å². The molecule has 4 aromatic carbocycles. The number of fused-ring (bicyclic) bond motifs is 2. The van der Waals surface area contributed by atoms with Crippen molar-refractivity contribution in [3.8, 4) is 46.0 Å². The first-order valence-corrected chi connectivity index (χ1v) is 15.1. The minimum Gasteiger partial charge on any atom is -0.502 e. The van der Waals surface area contributed by atoms with Gasteiger partial charge >= 0.3 is 0 Å². The van der Waals surface area contributed by atoms with Crippen molar-refractivity contribution in [2.45, 2.75) is 25.3 Å². The van der Waals surface area contributed by atoms with Crippen LogP contribution in [0.2, 0.25) is 0 Å². The van der Waals surface area contributed by atoms with Crippen molar-refractivity contribution < 1.29 is 33.4 Å². The summed E-state index contributed by atoms with van der Waals surface area (Å²) in [6.07, 6.45) is 4.24. The fraction of sp³-hybridized carbons (Fsp3) is 0.270. The van der Waals surface area contributed by atoms with Gasteiger partial charge in [0.15, 0.2) is 46.4 Å². The van der Waals surface area contributed by atoms with Crippen LogP contribution in [0.15, 0.2) is 72.9 Å². The average molecular weight is 606 g/mol. The van der Waals surface area contributed by atoms with E-state index < -0.39 is 0 Å². The Morgan fingerprint density at radius 2 is 1.56 bits per heavy atom. The van der Waals surface area contributed by atoms with Crippen molar-refractivity contribution in [1.29, 1.82) is 0 Å². The SMILES string of the molecule is COc1ccc2cc1Oc1ccc(cc1)Cc1c3c(c(O)c(OC)cc3cc[n+]1C)Oc1cc3c(cc1OC)CCN(C)C3C2. The molecule has 1 atom stereocenters. The minimum atomic E-state index is -0.0604. The third-order valence-electron chi connectivity index (χ3n) is 9.10. The van der Waals surface area contributed by atoms with Gasteiger partial charge in [0.1, 0.15) is 12.8 Å². The Morgan fingerprint density at radius 1 is 0.822 bits per heavy atom. The van der Waals surface area contributed by atoms with Crippen LogP contribution in [0.3, 0.4) is 0 Å². The molecule has 1 aromatic heterocycles. The van der Waals surface area contributed by atoms with Crippen LogP contribution < -0.4 is 28.3 Å². The molecule has 0 radical (unpaired) electrons. The van der Waals surface area contributed by atoms with E-state index in [1.165, 1.54) is 5.56 Å². The maximum absolute atomic E-state index is 11.6. The molecule has 230 valence electrons. The van der Waals surface area contributed by atoms with Crippen LogP contribution in [-0.2, 0) is 26.3 Å². The van der Waals surface area contributed by atoms with Gasteiger partial charge in [-0.15, -0.1) is 0 Å². The molecule has 0 saturated carbocycles. The number of hydrogen-bond donors (Lipinski definition) is 1. The Balaban J connectivity index is 1.49. The van der Waals surface area contributed by atoms with Gasteiger partial charge in [-0.05, 0) is 84.6 Å². The van der Waals surface area contributed by atoms with Crippen LogP contribution in [0.5, 0.6) is 46.0 Å². The van der Waals surface area contributed by atoms with Gasteiger partial charge in [0.05, 0.1) is 33.1 Å². The lowest BCUT2D eigenvalue weighted by atomic mass is 9.88.